The molecule has 1 aromatic rings. The van der Waals surface area contributed by atoms with Gasteiger partial charge in [-0.25, -0.2) is 0 Å². The third kappa shape index (κ3) is 4.97. The Balaban J connectivity index is 2.28. The summed E-state index contributed by atoms with van der Waals surface area (Å²) in [5.74, 6) is 0. The van der Waals surface area contributed by atoms with Crippen LogP contribution < -0.4 is 5.23 Å². The molecule has 1 atom stereocenters. The van der Waals surface area contributed by atoms with Crippen molar-refractivity contribution < 1.29 is 9.76 Å². The fourth-order valence-corrected chi connectivity index (χ4v) is 1.44. The molecule has 0 aromatic heterocycles. The summed E-state index contributed by atoms with van der Waals surface area (Å²) < 4.78 is 4.90. The van der Waals surface area contributed by atoms with Crippen LogP contribution >= 0.6 is 0 Å². The first-order chi connectivity index (χ1) is 7.36. The fourth-order valence-electron chi connectivity index (χ4n) is 1.44. The number of nitrogens with one attached hydrogen (secondary N) is 1. The Hall–Kier alpha value is -0.835. The van der Waals surface area contributed by atoms with Gasteiger partial charge < -0.3 is 15.0 Å². The summed E-state index contributed by atoms with van der Waals surface area (Å²) in [5, 5.41) is 12.2. The van der Waals surface area contributed by atoms with Crippen LogP contribution in [-0.4, -0.2) is 32.5 Å². The normalized spacial score (nSPS) is 12.4. The number of hydrogen-bond acceptors (Lipinski definition) is 3. The zero-order chi connectivity index (χ0) is 10.9. The summed E-state index contributed by atoms with van der Waals surface area (Å²) in [6.07, 6.45) is 1.90. The van der Waals surface area contributed by atoms with Gasteiger partial charge in [-0.2, -0.15) is 0 Å². The Morgan fingerprint density at radius 1 is 1.40 bits per heavy atom. The van der Waals surface area contributed by atoms with Crippen LogP contribution in [0.25, 0.3) is 0 Å². The number of hydrogen-bond donors (Lipinski definition) is 2. The van der Waals surface area contributed by atoms with Crippen LogP contribution in [-0.2, 0) is 11.1 Å². The van der Waals surface area contributed by atoms with Crippen molar-refractivity contribution in [2.75, 3.05) is 13.7 Å². The van der Waals surface area contributed by atoms with Gasteiger partial charge in [0.2, 0.25) is 0 Å². The van der Waals surface area contributed by atoms with E-state index in [9.17, 15) is 0 Å². The summed E-state index contributed by atoms with van der Waals surface area (Å²) in [6, 6.07) is 10.4. The molecule has 0 amide bonds. The van der Waals surface area contributed by atoms with Crippen molar-refractivity contribution in [1.82, 2.24) is 5.23 Å². The summed E-state index contributed by atoms with van der Waals surface area (Å²) in [6.45, 7) is 0.149. The Bertz CT molecular complexity index is 256. The van der Waals surface area contributed by atoms with E-state index in [2.05, 4.69) is 17.4 Å². The van der Waals surface area contributed by atoms with E-state index in [0.717, 1.165) is 12.8 Å². The van der Waals surface area contributed by atoms with Crippen molar-refractivity contribution in [2.24, 2.45) is 0 Å². The van der Waals surface area contributed by atoms with E-state index in [1.54, 1.807) is 7.11 Å². The number of aliphatic hydroxyl groups excluding tert-OH is 1. The second-order valence-corrected chi connectivity index (χ2v) is 3.54. The van der Waals surface area contributed by atoms with Crippen molar-refractivity contribution in [3.05, 3.63) is 35.9 Å². The van der Waals surface area contributed by atoms with E-state index in [-0.39, 0.29) is 12.6 Å². The maximum atomic E-state index is 9.11. The molecule has 0 aliphatic rings. The van der Waals surface area contributed by atoms with Crippen LogP contribution in [0.4, 0.5) is 0 Å². The summed E-state index contributed by atoms with van der Waals surface area (Å²) >= 11 is 0. The largest absolute Gasteiger partial charge is 0.427 e. The third-order valence-electron chi connectivity index (χ3n) is 2.36. The second kappa shape index (κ2) is 7.46. The van der Waals surface area contributed by atoms with Gasteiger partial charge in [0.25, 0.3) is 0 Å². The zero-order valence-electron chi connectivity index (χ0n) is 9.15. The highest BCUT2D eigenvalue weighted by molar-refractivity contribution is 6.23. The molecular weight excluding hydrogens is 189 g/mol. The SMILES string of the molecule is COBNC(CO)CCc1ccccc1. The average molecular weight is 207 g/mol. The predicted octanol–water partition coefficient (Wildman–Crippen LogP) is 0.483. The maximum absolute atomic E-state index is 9.11. The molecule has 1 aromatic carbocycles. The first kappa shape index (κ1) is 12.2. The molecule has 0 bridgehead atoms. The molecule has 0 saturated carbocycles. The lowest BCUT2D eigenvalue weighted by Crippen LogP contribution is -2.36. The third-order valence-corrected chi connectivity index (χ3v) is 2.36. The van der Waals surface area contributed by atoms with Gasteiger partial charge >= 0.3 is 7.62 Å². The molecule has 0 fully saturated rings. The van der Waals surface area contributed by atoms with Gasteiger partial charge in [-0.15, -0.1) is 0 Å². The quantitative estimate of drug-likeness (QED) is 0.639. The highest BCUT2D eigenvalue weighted by atomic mass is 16.4. The predicted molar refractivity (Wildman–Crippen MR) is 62.9 cm³/mol. The van der Waals surface area contributed by atoms with Crippen molar-refractivity contribution >= 4 is 7.62 Å². The number of aliphatic hydroxyl groups is 1. The molecule has 1 rings (SSSR count). The maximum Gasteiger partial charge on any atom is 0.360 e. The van der Waals surface area contributed by atoms with Gasteiger partial charge in [0.15, 0.2) is 0 Å². The molecule has 0 saturated heterocycles. The van der Waals surface area contributed by atoms with Crippen LogP contribution in [0, 0.1) is 0 Å². The molecule has 2 N–H and O–H groups in total. The lowest BCUT2D eigenvalue weighted by molar-refractivity contribution is 0.246. The Morgan fingerprint density at radius 3 is 2.73 bits per heavy atom. The Labute approximate surface area is 91.8 Å². The van der Waals surface area contributed by atoms with E-state index in [1.807, 2.05) is 18.2 Å². The van der Waals surface area contributed by atoms with Crippen molar-refractivity contribution in [2.45, 2.75) is 18.9 Å². The molecule has 0 aliphatic carbocycles. The molecule has 0 radical (unpaired) electrons. The Morgan fingerprint density at radius 2 is 2.13 bits per heavy atom. The van der Waals surface area contributed by atoms with Gasteiger partial charge in [-0.05, 0) is 18.4 Å². The molecule has 15 heavy (non-hydrogen) atoms. The van der Waals surface area contributed by atoms with Crippen molar-refractivity contribution in [3.8, 4) is 0 Å². The number of benzene rings is 1. The summed E-state index contributed by atoms with van der Waals surface area (Å²) in [7, 11) is 2.12. The van der Waals surface area contributed by atoms with Crippen LogP contribution in [0.5, 0.6) is 0 Å². The van der Waals surface area contributed by atoms with Gasteiger partial charge in [0.1, 0.15) is 0 Å². The number of aryl methyl sites for hydroxylation is 1. The fraction of sp³-hybridized carbons (Fsp3) is 0.455. The minimum atomic E-state index is 0.116. The minimum Gasteiger partial charge on any atom is -0.427 e. The minimum absolute atomic E-state index is 0.116. The molecule has 3 nitrogen and oxygen atoms in total. The van der Waals surface area contributed by atoms with Crippen LogP contribution in [0.2, 0.25) is 0 Å². The summed E-state index contributed by atoms with van der Waals surface area (Å²) in [5.41, 5.74) is 1.30. The zero-order valence-corrected chi connectivity index (χ0v) is 9.15. The first-order valence-corrected chi connectivity index (χ1v) is 5.24. The highest BCUT2D eigenvalue weighted by Crippen LogP contribution is 2.04. The van der Waals surface area contributed by atoms with Crippen LogP contribution in [0.1, 0.15) is 12.0 Å². The van der Waals surface area contributed by atoms with E-state index in [1.165, 1.54) is 5.56 Å². The van der Waals surface area contributed by atoms with E-state index in [4.69, 9.17) is 9.76 Å². The van der Waals surface area contributed by atoms with E-state index >= 15 is 0 Å². The molecule has 4 heteroatoms. The standard InChI is InChI=1S/C11H18BNO2/c1-15-12-13-11(9-14)8-7-10-5-3-2-4-6-10/h2-6,11-14H,7-9H2,1H3. The molecule has 0 aliphatic heterocycles. The average Bonchev–Trinajstić information content (AvgIpc) is 2.31. The Kier molecular flexibility index (Phi) is 6.08. The molecule has 82 valence electrons. The van der Waals surface area contributed by atoms with Crippen molar-refractivity contribution in [3.63, 3.8) is 0 Å². The van der Waals surface area contributed by atoms with E-state index < -0.39 is 0 Å². The molecule has 0 heterocycles. The van der Waals surface area contributed by atoms with Gasteiger partial charge in [-0.3, -0.25) is 0 Å². The monoisotopic (exact) mass is 207 g/mol. The first-order valence-electron chi connectivity index (χ1n) is 5.24. The van der Waals surface area contributed by atoms with Crippen molar-refractivity contribution in [1.29, 1.82) is 0 Å². The van der Waals surface area contributed by atoms with Gasteiger partial charge in [0.05, 0.1) is 6.61 Å². The lowest BCUT2D eigenvalue weighted by Gasteiger charge is -2.14. The molecule has 1 unspecified atom stereocenters. The van der Waals surface area contributed by atoms with Gasteiger partial charge in [-0.1, -0.05) is 30.3 Å². The van der Waals surface area contributed by atoms with Crippen LogP contribution in [0.15, 0.2) is 30.3 Å². The molecular formula is C11H18BNO2. The van der Waals surface area contributed by atoms with E-state index in [0.29, 0.717) is 7.62 Å². The molecule has 0 spiro atoms. The second-order valence-electron chi connectivity index (χ2n) is 3.54. The van der Waals surface area contributed by atoms with Gasteiger partial charge in [0, 0.05) is 13.2 Å². The smallest absolute Gasteiger partial charge is 0.360 e. The lowest BCUT2D eigenvalue weighted by atomic mass is 10.0. The highest BCUT2D eigenvalue weighted by Gasteiger charge is 2.06. The summed E-state index contributed by atoms with van der Waals surface area (Å²) in [4.78, 5) is 0. The topological polar surface area (TPSA) is 41.5 Å². The number of rotatable bonds is 7. The van der Waals surface area contributed by atoms with Crippen LogP contribution in [0.3, 0.4) is 0 Å².